The molecule has 0 aliphatic rings. The molecule has 1 aromatic heterocycles. The Kier molecular flexibility index (Phi) is 2.73. The number of para-hydroxylation sites is 1. The van der Waals surface area contributed by atoms with Gasteiger partial charge < -0.3 is 11.5 Å². The number of nitrogens with two attached hydrogens (primary N) is 2. The highest BCUT2D eigenvalue weighted by Gasteiger charge is 2.10. The normalized spacial score (nSPS) is 11.1. The molecular weight excluding hydrogens is 270 g/mol. The van der Waals surface area contributed by atoms with Gasteiger partial charge in [-0.15, -0.1) is 0 Å². The predicted octanol–water partition coefficient (Wildman–Crippen LogP) is 4.22. The van der Waals surface area contributed by atoms with Crippen LogP contribution in [0.15, 0.2) is 66.9 Å². The second-order valence-corrected chi connectivity index (χ2v) is 5.39. The van der Waals surface area contributed by atoms with Crippen LogP contribution in [0.5, 0.6) is 0 Å². The van der Waals surface area contributed by atoms with Crippen LogP contribution in [-0.2, 0) is 0 Å². The highest BCUT2D eigenvalue weighted by molar-refractivity contribution is 6.10. The molecule has 3 nitrogen and oxygen atoms in total. The van der Waals surface area contributed by atoms with Crippen molar-refractivity contribution in [3.05, 3.63) is 66.9 Å². The Morgan fingerprint density at radius 3 is 2.41 bits per heavy atom. The van der Waals surface area contributed by atoms with Crippen molar-refractivity contribution in [2.45, 2.75) is 0 Å². The molecule has 0 aliphatic carbocycles. The summed E-state index contributed by atoms with van der Waals surface area (Å²) in [6.07, 6.45) is 1.91. The fourth-order valence-electron chi connectivity index (χ4n) is 2.93. The smallest absolute Gasteiger partial charge is 0.0787 e. The molecule has 3 aromatic carbocycles. The van der Waals surface area contributed by atoms with E-state index in [1.807, 2.05) is 42.6 Å². The van der Waals surface area contributed by atoms with Gasteiger partial charge in [-0.3, -0.25) is 4.98 Å². The first-order valence-corrected chi connectivity index (χ1v) is 7.16. The average molecular weight is 285 g/mol. The lowest BCUT2D eigenvalue weighted by atomic mass is 9.98. The summed E-state index contributed by atoms with van der Waals surface area (Å²) in [5, 5.41) is 3.47. The number of benzene rings is 3. The molecule has 0 aliphatic heterocycles. The minimum Gasteiger partial charge on any atom is -0.399 e. The number of nitrogen functional groups attached to an aromatic ring is 2. The van der Waals surface area contributed by atoms with E-state index in [2.05, 4.69) is 23.2 Å². The summed E-state index contributed by atoms with van der Waals surface area (Å²) in [5.74, 6) is 0. The molecule has 3 heteroatoms. The van der Waals surface area contributed by atoms with Gasteiger partial charge in [-0.2, -0.15) is 0 Å². The van der Waals surface area contributed by atoms with Gasteiger partial charge >= 0.3 is 0 Å². The monoisotopic (exact) mass is 285 g/mol. The molecule has 4 rings (SSSR count). The van der Waals surface area contributed by atoms with Crippen molar-refractivity contribution in [2.24, 2.45) is 0 Å². The number of hydrogen-bond donors (Lipinski definition) is 2. The fraction of sp³-hybridized carbons (Fsp3) is 0. The van der Waals surface area contributed by atoms with Crippen molar-refractivity contribution < 1.29 is 0 Å². The van der Waals surface area contributed by atoms with Crippen LogP contribution in [0.1, 0.15) is 0 Å². The second kappa shape index (κ2) is 4.74. The van der Waals surface area contributed by atoms with Crippen LogP contribution in [-0.4, -0.2) is 4.98 Å². The van der Waals surface area contributed by atoms with Gasteiger partial charge in [-0.25, -0.2) is 0 Å². The third-order valence-electron chi connectivity index (χ3n) is 3.99. The molecule has 0 radical (unpaired) electrons. The topological polar surface area (TPSA) is 64.9 Å². The van der Waals surface area contributed by atoms with E-state index in [0.717, 1.165) is 27.4 Å². The van der Waals surface area contributed by atoms with Gasteiger partial charge in [-0.1, -0.05) is 48.5 Å². The second-order valence-electron chi connectivity index (χ2n) is 5.39. The summed E-state index contributed by atoms with van der Waals surface area (Å²) in [4.78, 5) is 4.66. The van der Waals surface area contributed by atoms with Gasteiger partial charge in [0.05, 0.1) is 5.52 Å². The summed E-state index contributed by atoms with van der Waals surface area (Å²) in [7, 11) is 0. The van der Waals surface area contributed by atoms with E-state index >= 15 is 0 Å². The number of fused-ring (bicyclic) bond motifs is 3. The molecule has 0 bridgehead atoms. The van der Waals surface area contributed by atoms with Crippen LogP contribution < -0.4 is 11.5 Å². The largest absolute Gasteiger partial charge is 0.399 e. The van der Waals surface area contributed by atoms with Crippen molar-refractivity contribution in [2.75, 3.05) is 11.5 Å². The maximum absolute atomic E-state index is 6.15. The first-order chi connectivity index (χ1) is 10.7. The maximum Gasteiger partial charge on any atom is 0.0787 e. The quantitative estimate of drug-likeness (QED) is 0.406. The van der Waals surface area contributed by atoms with Crippen LogP contribution in [0.4, 0.5) is 11.4 Å². The Morgan fingerprint density at radius 1 is 0.727 bits per heavy atom. The Bertz CT molecular complexity index is 1010. The molecule has 0 atom stereocenters. The summed E-state index contributed by atoms with van der Waals surface area (Å²) in [6, 6.07) is 20.1. The lowest BCUT2D eigenvalue weighted by Crippen LogP contribution is -1.94. The highest BCUT2D eigenvalue weighted by Crippen LogP contribution is 2.34. The lowest BCUT2D eigenvalue weighted by molar-refractivity contribution is 1.44. The molecule has 0 unspecified atom stereocenters. The molecule has 22 heavy (non-hydrogen) atoms. The third-order valence-corrected chi connectivity index (χ3v) is 3.99. The molecule has 106 valence electrons. The number of pyridine rings is 1. The molecule has 1 heterocycles. The third kappa shape index (κ3) is 1.87. The average Bonchev–Trinajstić information content (AvgIpc) is 2.54. The summed E-state index contributed by atoms with van der Waals surface area (Å²) in [6.45, 7) is 0. The Labute approximate surface area is 128 Å². The Morgan fingerprint density at radius 2 is 1.55 bits per heavy atom. The molecule has 0 spiro atoms. The van der Waals surface area contributed by atoms with Gasteiger partial charge in [-0.05, 0) is 17.5 Å². The number of anilines is 2. The van der Waals surface area contributed by atoms with Crippen LogP contribution in [0.3, 0.4) is 0 Å². The number of hydrogen-bond acceptors (Lipinski definition) is 3. The number of aromatic nitrogens is 1. The van der Waals surface area contributed by atoms with E-state index in [9.17, 15) is 0 Å². The zero-order valence-corrected chi connectivity index (χ0v) is 12.0. The highest BCUT2D eigenvalue weighted by atomic mass is 14.7. The van der Waals surface area contributed by atoms with E-state index in [-0.39, 0.29) is 0 Å². The van der Waals surface area contributed by atoms with Crippen molar-refractivity contribution in [1.82, 2.24) is 4.98 Å². The summed E-state index contributed by atoms with van der Waals surface area (Å²) >= 11 is 0. The predicted molar refractivity (Wildman–Crippen MR) is 93.5 cm³/mol. The van der Waals surface area contributed by atoms with Crippen LogP contribution in [0, 0.1) is 0 Å². The standard InChI is InChI=1S/C19H15N3/c20-13-8-9-15(18(21)10-13)17-7-3-6-16-14-5-2-1-4-12(14)11-22-19(16)17/h1-11H,20-21H2. The van der Waals surface area contributed by atoms with Gasteiger partial charge in [0.1, 0.15) is 0 Å². The van der Waals surface area contributed by atoms with Crippen LogP contribution in [0.25, 0.3) is 32.8 Å². The van der Waals surface area contributed by atoms with Gasteiger partial charge in [0, 0.05) is 39.5 Å². The minimum absolute atomic E-state index is 0.667. The summed E-state index contributed by atoms with van der Waals surface area (Å²) in [5.41, 5.74) is 16.2. The van der Waals surface area contributed by atoms with Gasteiger partial charge in [0.2, 0.25) is 0 Å². The first-order valence-electron chi connectivity index (χ1n) is 7.16. The van der Waals surface area contributed by atoms with Crippen LogP contribution >= 0.6 is 0 Å². The van der Waals surface area contributed by atoms with Crippen molar-refractivity contribution >= 4 is 33.1 Å². The number of rotatable bonds is 1. The van der Waals surface area contributed by atoms with Gasteiger partial charge in [0.25, 0.3) is 0 Å². The first kappa shape index (κ1) is 12.7. The molecule has 0 fully saturated rings. The molecule has 4 aromatic rings. The molecular formula is C19H15N3. The lowest BCUT2D eigenvalue weighted by Gasteiger charge is -2.11. The zero-order chi connectivity index (χ0) is 15.1. The Balaban J connectivity index is 2.09. The van der Waals surface area contributed by atoms with Crippen LogP contribution in [0.2, 0.25) is 0 Å². The van der Waals surface area contributed by atoms with Gasteiger partial charge in [0.15, 0.2) is 0 Å². The maximum atomic E-state index is 6.15. The van der Waals surface area contributed by atoms with E-state index in [4.69, 9.17) is 11.5 Å². The van der Waals surface area contributed by atoms with E-state index in [1.165, 1.54) is 5.39 Å². The number of nitrogens with zero attached hydrogens (tertiary/aromatic N) is 1. The molecule has 4 N–H and O–H groups in total. The summed E-state index contributed by atoms with van der Waals surface area (Å²) < 4.78 is 0. The fourth-order valence-corrected chi connectivity index (χ4v) is 2.93. The zero-order valence-electron chi connectivity index (χ0n) is 12.0. The van der Waals surface area contributed by atoms with E-state index < -0.39 is 0 Å². The van der Waals surface area contributed by atoms with E-state index in [1.54, 1.807) is 6.07 Å². The SMILES string of the molecule is Nc1ccc(-c2cccc3c2ncc2ccccc23)c(N)c1. The van der Waals surface area contributed by atoms with Crippen molar-refractivity contribution in [1.29, 1.82) is 0 Å². The molecule has 0 saturated carbocycles. The van der Waals surface area contributed by atoms with Crippen molar-refractivity contribution in [3.63, 3.8) is 0 Å². The molecule has 0 saturated heterocycles. The Hall–Kier alpha value is -3.07. The minimum atomic E-state index is 0.667. The molecule has 0 amide bonds. The van der Waals surface area contributed by atoms with E-state index in [0.29, 0.717) is 11.4 Å². The van der Waals surface area contributed by atoms with Crippen molar-refractivity contribution in [3.8, 4) is 11.1 Å².